The lowest BCUT2D eigenvalue weighted by Crippen LogP contribution is -2.25. The van der Waals surface area contributed by atoms with E-state index in [0.717, 1.165) is 32.7 Å². The minimum Gasteiger partial charge on any atom is -0.495 e. The fourth-order valence-corrected chi connectivity index (χ4v) is 3.66. The second-order valence-corrected chi connectivity index (χ2v) is 7.00. The molecule has 6 nitrogen and oxygen atoms in total. The van der Waals surface area contributed by atoms with Crippen LogP contribution in [-0.2, 0) is 4.79 Å². The average molecular weight is 367 g/mol. The lowest BCUT2D eigenvalue weighted by molar-refractivity contribution is -0.118. The van der Waals surface area contributed by atoms with Crippen LogP contribution in [0.1, 0.15) is 4.88 Å². The Kier molecular flexibility index (Phi) is 4.22. The molecule has 0 fully saturated rings. The third-order valence-electron chi connectivity index (χ3n) is 4.03. The maximum atomic E-state index is 11.5. The summed E-state index contributed by atoms with van der Waals surface area (Å²) in [6.45, 7) is 2.07. The van der Waals surface area contributed by atoms with Crippen molar-refractivity contribution in [1.29, 1.82) is 0 Å². The highest BCUT2D eigenvalue weighted by molar-refractivity contribution is 7.16. The summed E-state index contributed by atoms with van der Waals surface area (Å²) in [6.07, 6.45) is 0. The minimum absolute atomic E-state index is 0.0506. The van der Waals surface area contributed by atoms with Gasteiger partial charge in [0.15, 0.2) is 11.7 Å². The number of ether oxygens (including phenoxy) is 2. The molecule has 0 unspecified atom stereocenters. The summed E-state index contributed by atoms with van der Waals surface area (Å²) in [5.41, 5.74) is 3.33. The summed E-state index contributed by atoms with van der Waals surface area (Å²) in [7, 11) is 1.64. The van der Waals surface area contributed by atoms with E-state index in [9.17, 15) is 4.79 Å². The summed E-state index contributed by atoms with van der Waals surface area (Å²) in [4.78, 5) is 17.3. The highest BCUT2D eigenvalue weighted by Gasteiger charge is 2.18. The number of fused-ring (bicyclic) bond motifs is 1. The van der Waals surface area contributed by atoms with E-state index in [1.807, 2.05) is 49.4 Å². The number of hydrogen-bond donors (Lipinski definition) is 2. The van der Waals surface area contributed by atoms with Gasteiger partial charge in [0, 0.05) is 10.4 Å². The van der Waals surface area contributed by atoms with Crippen LogP contribution in [0.25, 0.3) is 11.3 Å². The average Bonchev–Trinajstić information content (AvgIpc) is 3.01. The Morgan fingerprint density at radius 1 is 1.27 bits per heavy atom. The van der Waals surface area contributed by atoms with E-state index in [-0.39, 0.29) is 12.5 Å². The summed E-state index contributed by atoms with van der Waals surface area (Å²) >= 11 is 1.56. The Labute approximate surface area is 154 Å². The molecule has 2 heterocycles. The summed E-state index contributed by atoms with van der Waals surface area (Å²) in [5.74, 6) is 1.28. The zero-order valence-electron chi connectivity index (χ0n) is 14.3. The number of aryl methyl sites for hydroxylation is 1. The number of para-hydroxylation sites is 2. The Balaban J connectivity index is 1.65. The first-order valence-corrected chi connectivity index (χ1v) is 8.90. The number of anilines is 3. The van der Waals surface area contributed by atoms with E-state index in [0.29, 0.717) is 11.4 Å². The topological polar surface area (TPSA) is 72.5 Å². The predicted molar refractivity (Wildman–Crippen MR) is 103 cm³/mol. The third-order valence-corrected chi connectivity index (χ3v) is 4.92. The van der Waals surface area contributed by atoms with E-state index in [1.54, 1.807) is 18.4 Å². The number of benzene rings is 2. The largest absolute Gasteiger partial charge is 0.495 e. The van der Waals surface area contributed by atoms with Gasteiger partial charge in [-0.3, -0.25) is 4.79 Å². The van der Waals surface area contributed by atoms with Crippen molar-refractivity contribution >= 4 is 33.8 Å². The van der Waals surface area contributed by atoms with Gasteiger partial charge in [-0.05, 0) is 37.3 Å². The lowest BCUT2D eigenvalue weighted by Gasteiger charge is -2.18. The molecule has 2 N–H and O–H groups in total. The summed E-state index contributed by atoms with van der Waals surface area (Å²) < 4.78 is 10.8. The van der Waals surface area contributed by atoms with Gasteiger partial charge in [-0.15, -0.1) is 11.3 Å². The van der Waals surface area contributed by atoms with Crippen molar-refractivity contribution in [3.05, 3.63) is 47.3 Å². The fraction of sp³-hybridized carbons (Fsp3) is 0.158. The molecule has 1 aliphatic heterocycles. The van der Waals surface area contributed by atoms with Gasteiger partial charge in [-0.25, -0.2) is 4.98 Å². The van der Waals surface area contributed by atoms with Crippen LogP contribution in [0, 0.1) is 6.92 Å². The smallest absolute Gasteiger partial charge is 0.262 e. The van der Waals surface area contributed by atoms with Gasteiger partial charge in [0.2, 0.25) is 0 Å². The molecule has 0 spiro atoms. The highest BCUT2D eigenvalue weighted by Crippen LogP contribution is 2.37. The molecule has 7 heteroatoms. The quantitative estimate of drug-likeness (QED) is 0.723. The number of nitrogens with one attached hydrogen (secondary N) is 2. The molecule has 0 radical (unpaired) electrons. The monoisotopic (exact) mass is 367 g/mol. The van der Waals surface area contributed by atoms with Crippen molar-refractivity contribution in [3.8, 4) is 22.8 Å². The Morgan fingerprint density at radius 2 is 2.12 bits per heavy atom. The molecule has 0 bridgehead atoms. The summed E-state index contributed by atoms with van der Waals surface area (Å²) in [5, 5.41) is 6.92. The van der Waals surface area contributed by atoms with Crippen LogP contribution in [0.4, 0.5) is 16.5 Å². The fourth-order valence-electron chi connectivity index (χ4n) is 2.81. The number of carbonyl (C=O) groups is 1. The van der Waals surface area contributed by atoms with Gasteiger partial charge >= 0.3 is 0 Å². The normalized spacial score (nSPS) is 12.8. The Hall–Kier alpha value is -3.06. The third kappa shape index (κ3) is 3.09. The van der Waals surface area contributed by atoms with Gasteiger partial charge in [0.1, 0.15) is 11.5 Å². The second kappa shape index (κ2) is 6.68. The molecule has 4 rings (SSSR count). The Morgan fingerprint density at radius 3 is 2.96 bits per heavy atom. The molecule has 1 aromatic heterocycles. The number of amides is 1. The molecule has 132 valence electrons. The van der Waals surface area contributed by atoms with Gasteiger partial charge in [0.05, 0.1) is 24.2 Å². The molecule has 1 amide bonds. The van der Waals surface area contributed by atoms with Crippen LogP contribution in [-0.4, -0.2) is 24.6 Å². The first kappa shape index (κ1) is 16.4. The molecule has 0 atom stereocenters. The number of nitrogens with zero attached hydrogens (tertiary/aromatic N) is 1. The van der Waals surface area contributed by atoms with Crippen molar-refractivity contribution in [1.82, 2.24) is 4.98 Å². The van der Waals surface area contributed by atoms with Gasteiger partial charge in [-0.1, -0.05) is 12.1 Å². The van der Waals surface area contributed by atoms with Crippen molar-refractivity contribution in [3.63, 3.8) is 0 Å². The number of aromatic nitrogens is 1. The van der Waals surface area contributed by atoms with Gasteiger partial charge < -0.3 is 20.1 Å². The molecule has 0 saturated carbocycles. The predicted octanol–water partition coefficient (Wildman–Crippen LogP) is 4.20. The number of methoxy groups -OCH3 is 1. The van der Waals surface area contributed by atoms with Crippen LogP contribution in [0.5, 0.6) is 11.5 Å². The van der Waals surface area contributed by atoms with Crippen LogP contribution in [0.2, 0.25) is 0 Å². The SMILES string of the molecule is COc1ccccc1Nc1nc(-c2ccc3c(c2)NC(=O)CO3)c(C)s1. The van der Waals surface area contributed by atoms with Crippen molar-refractivity contribution in [2.45, 2.75) is 6.92 Å². The molecule has 0 saturated heterocycles. The molecular formula is C19H17N3O3S. The van der Waals surface area contributed by atoms with Gasteiger partial charge in [-0.2, -0.15) is 0 Å². The van der Waals surface area contributed by atoms with E-state index >= 15 is 0 Å². The van der Waals surface area contributed by atoms with E-state index in [2.05, 4.69) is 10.6 Å². The zero-order chi connectivity index (χ0) is 18.1. The molecule has 26 heavy (non-hydrogen) atoms. The van der Waals surface area contributed by atoms with Crippen molar-refractivity contribution in [2.75, 3.05) is 24.4 Å². The number of rotatable bonds is 4. The maximum absolute atomic E-state index is 11.5. The number of hydrogen-bond acceptors (Lipinski definition) is 6. The lowest BCUT2D eigenvalue weighted by atomic mass is 10.1. The zero-order valence-corrected chi connectivity index (χ0v) is 15.1. The standard InChI is InChI=1S/C19H17N3O3S/c1-11-18(12-7-8-16-14(9-12)20-17(23)10-25-16)22-19(26-11)21-13-5-3-4-6-15(13)24-2/h3-9H,10H2,1-2H3,(H,20,23)(H,21,22). The first-order valence-electron chi connectivity index (χ1n) is 8.08. The number of thiazole rings is 1. The summed E-state index contributed by atoms with van der Waals surface area (Å²) in [6, 6.07) is 13.4. The van der Waals surface area contributed by atoms with Crippen LogP contribution in [0.15, 0.2) is 42.5 Å². The highest BCUT2D eigenvalue weighted by atomic mass is 32.1. The maximum Gasteiger partial charge on any atom is 0.262 e. The molecule has 1 aliphatic rings. The van der Waals surface area contributed by atoms with Crippen LogP contribution in [0.3, 0.4) is 0 Å². The van der Waals surface area contributed by atoms with Crippen LogP contribution < -0.4 is 20.1 Å². The first-order chi connectivity index (χ1) is 12.6. The van der Waals surface area contributed by atoms with Crippen LogP contribution >= 0.6 is 11.3 Å². The second-order valence-electron chi connectivity index (χ2n) is 5.80. The molecular weight excluding hydrogens is 350 g/mol. The molecule has 0 aliphatic carbocycles. The van der Waals surface area contributed by atoms with E-state index < -0.39 is 0 Å². The number of carbonyl (C=O) groups excluding carboxylic acids is 1. The van der Waals surface area contributed by atoms with E-state index in [1.165, 1.54) is 0 Å². The van der Waals surface area contributed by atoms with Crippen molar-refractivity contribution < 1.29 is 14.3 Å². The molecule has 3 aromatic rings. The van der Waals surface area contributed by atoms with E-state index in [4.69, 9.17) is 14.5 Å². The Bertz CT molecular complexity index is 984. The minimum atomic E-state index is -0.150. The van der Waals surface area contributed by atoms with Crippen molar-refractivity contribution in [2.24, 2.45) is 0 Å². The van der Waals surface area contributed by atoms with Gasteiger partial charge in [0.25, 0.3) is 5.91 Å². The molecule has 2 aromatic carbocycles.